The molecule has 20 heavy (non-hydrogen) atoms. The standard InChI is InChI=1S/C20H36/c1-11-15-13(3)16(12-2)18(20(8,9)10)17(14(15)4)19(5,6)7/h17-18H,11-12H2,1-10H3. The Morgan fingerprint density at radius 1 is 0.750 bits per heavy atom. The second-order valence-electron chi connectivity index (χ2n) is 8.71. The first-order chi connectivity index (χ1) is 8.96. The van der Waals surface area contributed by atoms with Gasteiger partial charge in [-0.25, -0.2) is 0 Å². The van der Waals surface area contributed by atoms with Crippen LogP contribution in [0, 0.1) is 22.7 Å². The molecule has 1 aliphatic rings. The normalized spacial score (nSPS) is 25.5. The van der Waals surface area contributed by atoms with E-state index in [2.05, 4.69) is 69.2 Å². The highest BCUT2D eigenvalue weighted by molar-refractivity contribution is 5.44. The van der Waals surface area contributed by atoms with Gasteiger partial charge in [-0.3, -0.25) is 0 Å². The van der Waals surface area contributed by atoms with Crippen LogP contribution in [0.2, 0.25) is 0 Å². The molecule has 0 aromatic rings. The molecule has 0 aromatic heterocycles. The summed E-state index contributed by atoms with van der Waals surface area (Å²) in [5, 5.41) is 0. The van der Waals surface area contributed by atoms with Gasteiger partial charge in [0, 0.05) is 0 Å². The van der Waals surface area contributed by atoms with Crippen LogP contribution in [-0.2, 0) is 0 Å². The maximum absolute atomic E-state index is 2.42. The summed E-state index contributed by atoms with van der Waals surface area (Å²) in [5.41, 5.74) is 7.22. The Labute approximate surface area is 127 Å². The highest BCUT2D eigenvalue weighted by Crippen LogP contribution is 2.54. The molecule has 0 bridgehead atoms. The van der Waals surface area contributed by atoms with Crippen LogP contribution in [0.3, 0.4) is 0 Å². The third kappa shape index (κ3) is 3.05. The average Bonchev–Trinajstić information content (AvgIpc) is 2.25. The Hall–Kier alpha value is -0.520. The molecule has 1 aliphatic carbocycles. The first kappa shape index (κ1) is 17.5. The summed E-state index contributed by atoms with van der Waals surface area (Å²) in [7, 11) is 0. The summed E-state index contributed by atoms with van der Waals surface area (Å²) in [6.45, 7) is 23.9. The molecule has 0 aliphatic heterocycles. The van der Waals surface area contributed by atoms with Crippen LogP contribution in [0.1, 0.15) is 82.1 Å². The SMILES string of the molecule is CCC1=C(C)C(C(C)(C)C)C(C(C)(C)C)C(CC)=C1C. The molecule has 0 N–H and O–H groups in total. The molecule has 0 fully saturated rings. The maximum atomic E-state index is 2.42. The highest BCUT2D eigenvalue weighted by Gasteiger charge is 2.44. The lowest BCUT2D eigenvalue weighted by Gasteiger charge is -2.49. The van der Waals surface area contributed by atoms with Crippen molar-refractivity contribution < 1.29 is 0 Å². The maximum Gasteiger partial charge on any atom is -0.00780 e. The van der Waals surface area contributed by atoms with Gasteiger partial charge in [-0.15, -0.1) is 0 Å². The van der Waals surface area contributed by atoms with Gasteiger partial charge in [0.25, 0.3) is 0 Å². The molecule has 0 saturated carbocycles. The lowest BCUT2D eigenvalue weighted by atomic mass is 9.55. The summed E-state index contributed by atoms with van der Waals surface area (Å²) in [6, 6.07) is 0. The molecular weight excluding hydrogens is 240 g/mol. The van der Waals surface area contributed by atoms with Crippen LogP contribution >= 0.6 is 0 Å². The lowest BCUT2D eigenvalue weighted by molar-refractivity contribution is 0.117. The average molecular weight is 277 g/mol. The molecule has 0 aromatic carbocycles. The van der Waals surface area contributed by atoms with Crippen LogP contribution in [0.5, 0.6) is 0 Å². The number of hydrogen-bond donors (Lipinski definition) is 0. The summed E-state index contributed by atoms with van der Waals surface area (Å²) in [5.74, 6) is 1.33. The molecule has 0 amide bonds. The van der Waals surface area contributed by atoms with Crippen LogP contribution in [0.25, 0.3) is 0 Å². The van der Waals surface area contributed by atoms with Crippen molar-refractivity contribution in [2.45, 2.75) is 82.1 Å². The van der Waals surface area contributed by atoms with Crippen molar-refractivity contribution in [1.82, 2.24) is 0 Å². The Kier molecular flexibility index (Phi) is 4.99. The second-order valence-corrected chi connectivity index (χ2v) is 8.71. The fourth-order valence-electron chi connectivity index (χ4n) is 4.56. The fourth-order valence-corrected chi connectivity index (χ4v) is 4.56. The lowest BCUT2D eigenvalue weighted by Crippen LogP contribution is -2.40. The van der Waals surface area contributed by atoms with Gasteiger partial charge in [-0.2, -0.15) is 0 Å². The van der Waals surface area contributed by atoms with Crippen molar-refractivity contribution in [3.63, 3.8) is 0 Å². The van der Waals surface area contributed by atoms with E-state index in [0.717, 1.165) is 0 Å². The van der Waals surface area contributed by atoms with Gasteiger partial charge in [-0.05, 0) is 60.5 Å². The van der Waals surface area contributed by atoms with Crippen LogP contribution < -0.4 is 0 Å². The summed E-state index contributed by atoms with van der Waals surface area (Å²) >= 11 is 0. The van der Waals surface area contributed by atoms with E-state index < -0.39 is 0 Å². The molecule has 2 unspecified atom stereocenters. The molecular formula is C20H36. The first-order valence-electron chi connectivity index (χ1n) is 8.36. The monoisotopic (exact) mass is 276 g/mol. The fraction of sp³-hybridized carbons (Fsp3) is 0.800. The van der Waals surface area contributed by atoms with Crippen molar-refractivity contribution in [2.24, 2.45) is 22.7 Å². The van der Waals surface area contributed by atoms with Gasteiger partial charge in [0.05, 0.1) is 0 Å². The number of rotatable bonds is 2. The molecule has 0 spiro atoms. The van der Waals surface area contributed by atoms with E-state index in [-0.39, 0.29) is 0 Å². The van der Waals surface area contributed by atoms with E-state index in [9.17, 15) is 0 Å². The third-order valence-corrected chi connectivity index (χ3v) is 5.19. The van der Waals surface area contributed by atoms with E-state index in [1.54, 1.807) is 22.3 Å². The molecule has 0 heteroatoms. The smallest absolute Gasteiger partial charge is 0.00780 e. The van der Waals surface area contributed by atoms with E-state index >= 15 is 0 Å². The minimum absolute atomic E-state index is 0.323. The number of allylic oxidation sites excluding steroid dienone is 4. The molecule has 0 saturated heterocycles. The van der Waals surface area contributed by atoms with Gasteiger partial charge in [0.2, 0.25) is 0 Å². The molecule has 116 valence electrons. The molecule has 0 nitrogen and oxygen atoms in total. The van der Waals surface area contributed by atoms with Crippen LogP contribution in [0.4, 0.5) is 0 Å². The largest absolute Gasteiger partial charge is 0.0656 e. The molecule has 0 radical (unpaired) electrons. The Morgan fingerprint density at radius 2 is 1.20 bits per heavy atom. The highest BCUT2D eigenvalue weighted by atomic mass is 14.5. The first-order valence-corrected chi connectivity index (χ1v) is 8.36. The van der Waals surface area contributed by atoms with Gasteiger partial charge in [-0.1, -0.05) is 66.5 Å². The van der Waals surface area contributed by atoms with Gasteiger partial charge >= 0.3 is 0 Å². The van der Waals surface area contributed by atoms with Gasteiger partial charge in [0.1, 0.15) is 0 Å². The minimum Gasteiger partial charge on any atom is -0.0656 e. The van der Waals surface area contributed by atoms with Crippen molar-refractivity contribution in [3.8, 4) is 0 Å². The quantitative estimate of drug-likeness (QED) is 0.521. The Bertz CT molecular complexity index is 418. The van der Waals surface area contributed by atoms with E-state index in [0.29, 0.717) is 22.7 Å². The summed E-state index contributed by atoms with van der Waals surface area (Å²) in [6.07, 6.45) is 2.36. The van der Waals surface area contributed by atoms with E-state index in [1.165, 1.54) is 12.8 Å². The zero-order chi connectivity index (χ0) is 15.9. The Morgan fingerprint density at radius 3 is 1.50 bits per heavy atom. The van der Waals surface area contributed by atoms with E-state index in [4.69, 9.17) is 0 Å². The predicted octanol–water partition coefficient (Wildman–Crippen LogP) is 6.78. The third-order valence-electron chi connectivity index (χ3n) is 5.19. The Balaban J connectivity index is 3.59. The zero-order valence-corrected chi connectivity index (χ0v) is 15.6. The van der Waals surface area contributed by atoms with E-state index in [1.807, 2.05) is 0 Å². The minimum atomic E-state index is 0.323. The van der Waals surface area contributed by atoms with Crippen LogP contribution in [0.15, 0.2) is 22.3 Å². The molecule has 0 heterocycles. The van der Waals surface area contributed by atoms with Crippen molar-refractivity contribution in [3.05, 3.63) is 22.3 Å². The predicted molar refractivity (Wildman–Crippen MR) is 91.9 cm³/mol. The van der Waals surface area contributed by atoms with Crippen molar-refractivity contribution in [2.75, 3.05) is 0 Å². The number of hydrogen-bond acceptors (Lipinski definition) is 0. The van der Waals surface area contributed by atoms with Gasteiger partial charge < -0.3 is 0 Å². The van der Waals surface area contributed by atoms with Crippen molar-refractivity contribution >= 4 is 0 Å². The molecule has 1 rings (SSSR count). The van der Waals surface area contributed by atoms with Crippen molar-refractivity contribution in [1.29, 1.82) is 0 Å². The van der Waals surface area contributed by atoms with Crippen LogP contribution in [-0.4, -0.2) is 0 Å². The summed E-state index contributed by atoms with van der Waals surface area (Å²) in [4.78, 5) is 0. The van der Waals surface area contributed by atoms with Gasteiger partial charge in [0.15, 0.2) is 0 Å². The zero-order valence-electron chi connectivity index (χ0n) is 15.6. The topological polar surface area (TPSA) is 0 Å². The summed E-state index contributed by atoms with van der Waals surface area (Å²) < 4.78 is 0. The molecule has 2 atom stereocenters. The second kappa shape index (κ2) is 5.70.